The highest BCUT2D eigenvalue weighted by Gasteiger charge is 2.33. The molecule has 4 atom stereocenters. The molecule has 0 saturated heterocycles. The van der Waals surface area contributed by atoms with Gasteiger partial charge in [0.2, 0.25) is 0 Å². The quantitative estimate of drug-likeness (QED) is 0.666. The van der Waals surface area contributed by atoms with E-state index >= 15 is 0 Å². The summed E-state index contributed by atoms with van der Waals surface area (Å²) < 4.78 is 6.40. The number of rotatable bonds is 4. The largest absolute Gasteiger partial charge is 0.375 e. The first-order valence-corrected chi connectivity index (χ1v) is 8.96. The molecule has 0 spiro atoms. The molecule has 0 aromatic rings. The fourth-order valence-corrected chi connectivity index (χ4v) is 5.05. The van der Waals surface area contributed by atoms with Crippen molar-refractivity contribution in [2.45, 2.75) is 96.2 Å². The minimum absolute atomic E-state index is 0.508. The molecule has 3 aliphatic carbocycles. The van der Waals surface area contributed by atoms with Gasteiger partial charge >= 0.3 is 0 Å². The monoisotopic (exact) mass is 264 g/mol. The van der Waals surface area contributed by atoms with E-state index in [1.54, 1.807) is 0 Å². The lowest BCUT2D eigenvalue weighted by molar-refractivity contribution is -0.0568. The van der Waals surface area contributed by atoms with Crippen molar-refractivity contribution >= 4 is 0 Å². The molecule has 4 unspecified atom stereocenters. The zero-order valence-electron chi connectivity index (χ0n) is 12.8. The molecule has 0 radical (unpaired) electrons. The van der Waals surface area contributed by atoms with Gasteiger partial charge in [-0.1, -0.05) is 51.4 Å². The van der Waals surface area contributed by atoms with Crippen LogP contribution < -0.4 is 0 Å². The van der Waals surface area contributed by atoms with Gasteiger partial charge in [-0.05, 0) is 50.4 Å². The molecule has 1 nitrogen and oxygen atoms in total. The van der Waals surface area contributed by atoms with Crippen molar-refractivity contribution < 1.29 is 4.74 Å². The summed E-state index contributed by atoms with van der Waals surface area (Å²) in [6.07, 6.45) is 18.4. The summed E-state index contributed by atoms with van der Waals surface area (Å²) in [6.45, 7) is 2.32. The highest BCUT2D eigenvalue weighted by molar-refractivity contribution is 4.84. The third-order valence-electron chi connectivity index (χ3n) is 6.06. The van der Waals surface area contributed by atoms with Gasteiger partial charge in [-0.2, -0.15) is 0 Å². The van der Waals surface area contributed by atoms with Gasteiger partial charge < -0.3 is 4.74 Å². The fraction of sp³-hybridized carbons (Fsp3) is 1.00. The third kappa shape index (κ3) is 3.74. The van der Waals surface area contributed by atoms with Crippen LogP contribution in [0.25, 0.3) is 0 Å². The van der Waals surface area contributed by atoms with E-state index < -0.39 is 0 Å². The van der Waals surface area contributed by atoms with Gasteiger partial charge in [0, 0.05) is 0 Å². The first-order chi connectivity index (χ1) is 9.31. The Morgan fingerprint density at radius 3 is 2.32 bits per heavy atom. The van der Waals surface area contributed by atoms with Crippen molar-refractivity contribution in [3.63, 3.8) is 0 Å². The van der Waals surface area contributed by atoms with Gasteiger partial charge in [0.15, 0.2) is 0 Å². The molecule has 19 heavy (non-hydrogen) atoms. The van der Waals surface area contributed by atoms with Gasteiger partial charge in [-0.25, -0.2) is 0 Å². The van der Waals surface area contributed by atoms with Crippen molar-refractivity contribution in [1.82, 2.24) is 0 Å². The highest BCUT2D eigenvalue weighted by Crippen LogP contribution is 2.41. The van der Waals surface area contributed by atoms with Crippen LogP contribution in [-0.4, -0.2) is 12.2 Å². The van der Waals surface area contributed by atoms with Crippen LogP contribution in [0.15, 0.2) is 0 Å². The third-order valence-corrected chi connectivity index (χ3v) is 6.06. The maximum absolute atomic E-state index is 6.40. The number of hydrogen-bond donors (Lipinski definition) is 0. The SMILES string of the molecule is CC(CC1CCCC1)OC1CCC2CCCCC2C1. The lowest BCUT2D eigenvalue weighted by Crippen LogP contribution is -2.33. The maximum Gasteiger partial charge on any atom is 0.0581 e. The van der Waals surface area contributed by atoms with Crippen LogP contribution in [0.3, 0.4) is 0 Å². The molecule has 0 aromatic heterocycles. The Balaban J connectivity index is 1.42. The standard InChI is InChI=1S/C18H32O/c1-14(12-15-6-2-3-7-15)19-18-11-10-16-8-4-5-9-17(16)13-18/h14-18H,2-13H2,1H3. The van der Waals surface area contributed by atoms with E-state index in [-0.39, 0.29) is 0 Å². The Labute approximate surface area is 119 Å². The summed E-state index contributed by atoms with van der Waals surface area (Å²) in [6, 6.07) is 0. The normalized spacial score (nSPS) is 38.1. The minimum Gasteiger partial charge on any atom is -0.375 e. The number of ether oxygens (including phenoxy) is 1. The fourth-order valence-electron chi connectivity index (χ4n) is 5.05. The summed E-state index contributed by atoms with van der Waals surface area (Å²) in [5.74, 6) is 3.03. The Bertz CT molecular complexity index is 269. The van der Waals surface area contributed by atoms with Gasteiger partial charge in [0.1, 0.15) is 0 Å². The van der Waals surface area contributed by atoms with Crippen LogP contribution in [-0.2, 0) is 4.74 Å². The average molecular weight is 264 g/mol. The molecular formula is C18H32O. The van der Waals surface area contributed by atoms with Crippen molar-refractivity contribution in [3.05, 3.63) is 0 Å². The summed E-state index contributed by atoms with van der Waals surface area (Å²) in [5, 5.41) is 0. The molecule has 0 amide bonds. The van der Waals surface area contributed by atoms with Crippen LogP contribution >= 0.6 is 0 Å². The van der Waals surface area contributed by atoms with E-state index in [1.165, 1.54) is 77.0 Å². The van der Waals surface area contributed by atoms with Crippen molar-refractivity contribution in [2.75, 3.05) is 0 Å². The molecule has 3 rings (SSSR count). The second kappa shape index (κ2) is 6.61. The topological polar surface area (TPSA) is 9.23 Å². The highest BCUT2D eigenvalue weighted by atomic mass is 16.5. The lowest BCUT2D eigenvalue weighted by Gasteiger charge is -2.40. The molecule has 0 N–H and O–H groups in total. The molecule has 0 aliphatic heterocycles. The predicted octanol–water partition coefficient (Wildman–Crippen LogP) is 5.33. The van der Waals surface area contributed by atoms with Gasteiger partial charge in [-0.15, -0.1) is 0 Å². The number of fused-ring (bicyclic) bond motifs is 1. The molecule has 0 aromatic carbocycles. The Morgan fingerprint density at radius 1 is 0.842 bits per heavy atom. The van der Waals surface area contributed by atoms with Gasteiger partial charge in [0.05, 0.1) is 12.2 Å². The Morgan fingerprint density at radius 2 is 1.53 bits per heavy atom. The molecule has 3 fully saturated rings. The Hall–Kier alpha value is -0.0400. The zero-order chi connectivity index (χ0) is 13.1. The second-order valence-electron chi connectivity index (χ2n) is 7.57. The molecular weight excluding hydrogens is 232 g/mol. The maximum atomic E-state index is 6.40. The van der Waals surface area contributed by atoms with Crippen molar-refractivity contribution in [2.24, 2.45) is 17.8 Å². The zero-order valence-corrected chi connectivity index (χ0v) is 12.8. The van der Waals surface area contributed by atoms with Crippen LogP contribution in [0.1, 0.15) is 84.0 Å². The van der Waals surface area contributed by atoms with E-state index in [1.807, 2.05) is 0 Å². The summed E-state index contributed by atoms with van der Waals surface area (Å²) >= 11 is 0. The molecule has 1 heteroatoms. The molecule has 110 valence electrons. The van der Waals surface area contributed by atoms with Crippen molar-refractivity contribution in [1.29, 1.82) is 0 Å². The molecule has 3 saturated carbocycles. The first kappa shape index (κ1) is 13.9. The van der Waals surface area contributed by atoms with Gasteiger partial charge in [0.25, 0.3) is 0 Å². The van der Waals surface area contributed by atoms with E-state index in [0.717, 1.165) is 17.8 Å². The van der Waals surface area contributed by atoms with E-state index in [0.29, 0.717) is 12.2 Å². The van der Waals surface area contributed by atoms with Crippen LogP contribution in [0.5, 0.6) is 0 Å². The summed E-state index contributed by atoms with van der Waals surface area (Å²) in [5.41, 5.74) is 0. The lowest BCUT2D eigenvalue weighted by atomic mass is 9.70. The van der Waals surface area contributed by atoms with E-state index in [9.17, 15) is 0 Å². The summed E-state index contributed by atoms with van der Waals surface area (Å²) in [7, 11) is 0. The predicted molar refractivity (Wildman–Crippen MR) is 80.2 cm³/mol. The van der Waals surface area contributed by atoms with Crippen molar-refractivity contribution in [3.8, 4) is 0 Å². The van der Waals surface area contributed by atoms with E-state index in [2.05, 4.69) is 6.92 Å². The summed E-state index contributed by atoms with van der Waals surface area (Å²) in [4.78, 5) is 0. The van der Waals surface area contributed by atoms with Gasteiger partial charge in [-0.3, -0.25) is 0 Å². The second-order valence-corrected chi connectivity index (χ2v) is 7.57. The van der Waals surface area contributed by atoms with Crippen LogP contribution in [0, 0.1) is 17.8 Å². The van der Waals surface area contributed by atoms with Crippen LogP contribution in [0.2, 0.25) is 0 Å². The van der Waals surface area contributed by atoms with E-state index in [4.69, 9.17) is 4.74 Å². The van der Waals surface area contributed by atoms with Crippen LogP contribution in [0.4, 0.5) is 0 Å². The smallest absolute Gasteiger partial charge is 0.0581 e. The molecule has 0 bridgehead atoms. The molecule has 0 heterocycles. The number of hydrogen-bond acceptors (Lipinski definition) is 1. The average Bonchev–Trinajstić information content (AvgIpc) is 2.91. The minimum atomic E-state index is 0.508. The Kier molecular flexibility index (Phi) is 4.84. The molecule has 3 aliphatic rings. The first-order valence-electron chi connectivity index (χ1n) is 8.96.